The van der Waals surface area contributed by atoms with Crippen LogP contribution in [0.4, 0.5) is 0 Å². The second kappa shape index (κ2) is 4.12. The highest BCUT2D eigenvalue weighted by Gasteiger charge is 2.03. The Balaban J connectivity index is 2.49. The van der Waals surface area contributed by atoms with Gasteiger partial charge in [0.1, 0.15) is 5.03 Å². The summed E-state index contributed by atoms with van der Waals surface area (Å²) >= 11 is 8.10. The molecule has 0 atom stereocenters. The summed E-state index contributed by atoms with van der Waals surface area (Å²) in [5.74, 6) is 0.616. The van der Waals surface area contributed by atoms with Gasteiger partial charge in [-0.1, -0.05) is 23.4 Å². The number of thioether (sulfide) groups is 1. The highest BCUT2D eigenvalue weighted by molar-refractivity contribution is 7.99. The molecule has 0 spiro atoms. The van der Waals surface area contributed by atoms with Crippen molar-refractivity contribution in [2.75, 3.05) is 12.4 Å². The summed E-state index contributed by atoms with van der Waals surface area (Å²) in [6.45, 7) is 0.137. The minimum atomic E-state index is 0.137. The fourth-order valence-electron chi connectivity index (χ4n) is 0.398. The third-order valence-corrected chi connectivity index (χ3v) is 2.82. The first-order valence-corrected chi connectivity index (χ1v) is 4.65. The normalized spacial score (nSPS) is 10.2. The molecule has 1 aromatic heterocycles. The van der Waals surface area contributed by atoms with Crippen molar-refractivity contribution in [1.82, 2.24) is 8.75 Å². The fourth-order valence-corrected chi connectivity index (χ4v) is 1.92. The maximum absolute atomic E-state index is 8.45. The molecule has 10 heavy (non-hydrogen) atoms. The fraction of sp³-hybridized carbons (Fsp3) is 0.500. The van der Waals surface area contributed by atoms with Gasteiger partial charge in [0.15, 0.2) is 5.15 Å². The quantitative estimate of drug-likeness (QED) is 0.740. The van der Waals surface area contributed by atoms with Crippen molar-refractivity contribution in [1.29, 1.82) is 0 Å². The number of hydrogen-bond acceptors (Lipinski definition) is 5. The van der Waals surface area contributed by atoms with Crippen LogP contribution in [0.2, 0.25) is 5.15 Å². The lowest BCUT2D eigenvalue weighted by atomic mass is 10.9. The molecule has 56 valence electrons. The van der Waals surface area contributed by atoms with E-state index in [1.807, 2.05) is 0 Å². The molecule has 0 aliphatic heterocycles. The molecular formula is C4H5ClN2OS2. The van der Waals surface area contributed by atoms with Gasteiger partial charge in [-0.2, -0.15) is 8.75 Å². The Hall–Kier alpha value is 0.160. The van der Waals surface area contributed by atoms with Crippen LogP contribution in [0.3, 0.4) is 0 Å². The van der Waals surface area contributed by atoms with Gasteiger partial charge in [0.05, 0.1) is 18.3 Å². The summed E-state index contributed by atoms with van der Waals surface area (Å²) in [4.78, 5) is 0. The maximum atomic E-state index is 8.45. The molecule has 0 radical (unpaired) electrons. The third kappa shape index (κ3) is 2.09. The lowest BCUT2D eigenvalue weighted by Crippen LogP contribution is -1.85. The van der Waals surface area contributed by atoms with E-state index in [1.54, 1.807) is 0 Å². The van der Waals surface area contributed by atoms with E-state index in [2.05, 4.69) is 8.75 Å². The van der Waals surface area contributed by atoms with Gasteiger partial charge < -0.3 is 5.11 Å². The van der Waals surface area contributed by atoms with Gasteiger partial charge in [0, 0.05) is 5.75 Å². The monoisotopic (exact) mass is 196 g/mol. The number of hydrogen-bond donors (Lipinski definition) is 1. The van der Waals surface area contributed by atoms with Crippen LogP contribution in [0.25, 0.3) is 0 Å². The van der Waals surface area contributed by atoms with E-state index < -0.39 is 0 Å². The predicted octanol–water partition coefficient (Wildman–Crippen LogP) is 1.28. The Kier molecular flexibility index (Phi) is 3.41. The van der Waals surface area contributed by atoms with E-state index >= 15 is 0 Å². The van der Waals surface area contributed by atoms with Crippen molar-refractivity contribution < 1.29 is 5.11 Å². The summed E-state index contributed by atoms with van der Waals surface area (Å²) in [7, 11) is 0. The molecule has 1 rings (SSSR count). The van der Waals surface area contributed by atoms with E-state index in [1.165, 1.54) is 11.8 Å². The largest absolute Gasteiger partial charge is 0.396 e. The van der Waals surface area contributed by atoms with E-state index in [4.69, 9.17) is 16.7 Å². The number of nitrogens with zero attached hydrogens (tertiary/aromatic N) is 2. The Morgan fingerprint density at radius 3 is 2.90 bits per heavy atom. The standard InChI is InChI=1S/C4H5ClN2OS2/c5-3-4(7-10-6-3)9-2-1-8/h8H,1-2H2. The molecule has 0 aliphatic carbocycles. The Labute approximate surface area is 71.7 Å². The summed E-state index contributed by atoms with van der Waals surface area (Å²) in [6.07, 6.45) is 0. The number of aliphatic hydroxyl groups excluding tert-OH is 1. The average molecular weight is 197 g/mol. The van der Waals surface area contributed by atoms with Gasteiger partial charge in [0.25, 0.3) is 0 Å². The first kappa shape index (κ1) is 8.26. The molecule has 0 saturated carbocycles. The second-order valence-corrected chi connectivity index (χ2v) is 3.40. The first-order valence-electron chi connectivity index (χ1n) is 2.56. The van der Waals surface area contributed by atoms with Crippen molar-refractivity contribution in [3.8, 4) is 0 Å². The molecule has 0 fully saturated rings. The zero-order valence-electron chi connectivity index (χ0n) is 4.95. The van der Waals surface area contributed by atoms with E-state index in [9.17, 15) is 0 Å². The molecular weight excluding hydrogens is 192 g/mol. The lowest BCUT2D eigenvalue weighted by Gasteiger charge is -1.90. The van der Waals surface area contributed by atoms with Gasteiger partial charge in [0.2, 0.25) is 0 Å². The number of aromatic nitrogens is 2. The van der Waals surface area contributed by atoms with Crippen LogP contribution >= 0.6 is 35.1 Å². The molecule has 0 aromatic carbocycles. The predicted molar refractivity (Wildman–Crippen MR) is 42.7 cm³/mol. The minimum Gasteiger partial charge on any atom is -0.396 e. The van der Waals surface area contributed by atoms with Crippen molar-refractivity contribution in [2.45, 2.75) is 5.03 Å². The van der Waals surface area contributed by atoms with Crippen molar-refractivity contribution in [3.63, 3.8) is 0 Å². The first-order chi connectivity index (χ1) is 4.84. The zero-order valence-corrected chi connectivity index (χ0v) is 7.34. The number of aliphatic hydroxyl groups is 1. The molecule has 0 saturated heterocycles. The summed E-state index contributed by atoms with van der Waals surface area (Å²) in [5, 5.41) is 9.59. The van der Waals surface area contributed by atoms with E-state index in [0.29, 0.717) is 15.9 Å². The molecule has 0 unspecified atom stereocenters. The molecule has 6 heteroatoms. The smallest absolute Gasteiger partial charge is 0.176 e. The second-order valence-electron chi connectivity index (χ2n) is 1.43. The van der Waals surface area contributed by atoms with E-state index in [-0.39, 0.29) is 6.61 Å². The van der Waals surface area contributed by atoms with Crippen LogP contribution in [0.15, 0.2) is 5.03 Å². The SMILES string of the molecule is OCCSc1nsnc1Cl. The lowest BCUT2D eigenvalue weighted by molar-refractivity contribution is 0.322. The summed E-state index contributed by atoms with van der Waals surface area (Å²) < 4.78 is 7.67. The Morgan fingerprint density at radius 1 is 1.60 bits per heavy atom. The average Bonchev–Trinajstić information content (AvgIpc) is 2.31. The topological polar surface area (TPSA) is 46.0 Å². The molecule has 3 nitrogen and oxygen atoms in total. The van der Waals surface area contributed by atoms with E-state index in [0.717, 1.165) is 11.7 Å². The number of rotatable bonds is 3. The minimum absolute atomic E-state index is 0.137. The molecule has 1 N–H and O–H groups in total. The van der Waals surface area contributed by atoms with Crippen LogP contribution in [-0.4, -0.2) is 26.2 Å². The molecule has 1 heterocycles. The number of halogens is 1. The van der Waals surface area contributed by atoms with Crippen LogP contribution < -0.4 is 0 Å². The van der Waals surface area contributed by atoms with Gasteiger partial charge in [-0.3, -0.25) is 0 Å². The van der Waals surface area contributed by atoms with Crippen LogP contribution in [0.5, 0.6) is 0 Å². The van der Waals surface area contributed by atoms with Crippen molar-refractivity contribution >= 4 is 35.1 Å². The van der Waals surface area contributed by atoms with Gasteiger partial charge >= 0.3 is 0 Å². The van der Waals surface area contributed by atoms with Crippen LogP contribution in [0.1, 0.15) is 0 Å². The summed E-state index contributed by atoms with van der Waals surface area (Å²) in [6, 6.07) is 0. The van der Waals surface area contributed by atoms with Gasteiger partial charge in [-0.25, -0.2) is 0 Å². The molecule has 1 aromatic rings. The Morgan fingerprint density at radius 2 is 2.40 bits per heavy atom. The van der Waals surface area contributed by atoms with Crippen molar-refractivity contribution in [3.05, 3.63) is 5.15 Å². The third-order valence-electron chi connectivity index (χ3n) is 0.751. The van der Waals surface area contributed by atoms with Crippen molar-refractivity contribution in [2.24, 2.45) is 0 Å². The highest BCUT2D eigenvalue weighted by atomic mass is 35.5. The molecule has 0 bridgehead atoms. The summed E-state index contributed by atoms with van der Waals surface area (Å²) in [5.41, 5.74) is 0. The molecule has 0 aliphatic rings. The van der Waals surface area contributed by atoms with Crippen LogP contribution in [-0.2, 0) is 0 Å². The van der Waals surface area contributed by atoms with Gasteiger partial charge in [-0.15, -0.1) is 0 Å². The Bertz CT molecular complexity index is 205. The van der Waals surface area contributed by atoms with Crippen LogP contribution in [0, 0.1) is 0 Å². The highest BCUT2D eigenvalue weighted by Crippen LogP contribution is 2.23. The van der Waals surface area contributed by atoms with Gasteiger partial charge in [-0.05, 0) is 0 Å². The molecule has 0 amide bonds. The maximum Gasteiger partial charge on any atom is 0.176 e. The zero-order chi connectivity index (χ0) is 7.40.